The maximum atomic E-state index is 14.1. The topological polar surface area (TPSA) is 62.1 Å². The number of rotatable bonds is 6. The molecule has 1 atom stereocenters. The molecule has 3 rings (SSSR count). The molecule has 27 heavy (non-hydrogen) atoms. The normalized spacial score (nSPS) is 15.9. The van der Waals surface area contributed by atoms with E-state index in [1.165, 1.54) is 18.2 Å². The van der Waals surface area contributed by atoms with Crippen LogP contribution in [0.25, 0.3) is 0 Å². The van der Waals surface area contributed by atoms with Gasteiger partial charge in [-0.2, -0.15) is 0 Å². The quantitative estimate of drug-likeness (QED) is 0.842. The van der Waals surface area contributed by atoms with Crippen LogP contribution >= 0.6 is 0 Å². The van der Waals surface area contributed by atoms with Crippen molar-refractivity contribution in [2.45, 2.75) is 20.0 Å². The van der Waals surface area contributed by atoms with Gasteiger partial charge in [0.05, 0.1) is 12.1 Å². The van der Waals surface area contributed by atoms with Gasteiger partial charge in [-0.15, -0.1) is 0 Å². The van der Waals surface area contributed by atoms with Crippen molar-refractivity contribution in [3.8, 4) is 5.75 Å². The van der Waals surface area contributed by atoms with Crippen LogP contribution in [-0.2, 0) is 0 Å². The number of carboxylic acids is 1. The second-order valence-corrected chi connectivity index (χ2v) is 6.80. The highest BCUT2D eigenvalue weighted by Gasteiger charge is 2.21. The number of carboxylic acid groups (broad SMARTS) is 1. The molecule has 0 amide bonds. The minimum absolute atomic E-state index is 0.197. The first kappa shape index (κ1) is 19.0. The van der Waals surface area contributed by atoms with Crippen molar-refractivity contribution < 1.29 is 19.0 Å². The van der Waals surface area contributed by atoms with Crippen LogP contribution in [0.15, 0.2) is 47.5 Å². The smallest absolute Gasteiger partial charge is 0.335 e. The molecule has 0 saturated heterocycles. The molecule has 6 heteroatoms. The maximum absolute atomic E-state index is 14.1. The first-order valence-electron chi connectivity index (χ1n) is 8.90. The van der Waals surface area contributed by atoms with E-state index in [0.29, 0.717) is 17.9 Å². The first-order chi connectivity index (χ1) is 12.9. The largest absolute Gasteiger partial charge is 0.484 e. The van der Waals surface area contributed by atoms with E-state index >= 15 is 0 Å². The third-order valence-corrected chi connectivity index (χ3v) is 4.62. The number of halogens is 1. The van der Waals surface area contributed by atoms with Crippen molar-refractivity contribution in [1.29, 1.82) is 0 Å². The highest BCUT2D eigenvalue weighted by Crippen LogP contribution is 2.25. The van der Waals surface area contributed by atoms with Crippen LogP contribution in [0.1, 0.15) is 34.5 Å². The molecule has 0 bridgehead atoms. The van der Waals surface area contributed by atoms with Crippen LogP contribution < -0.4 is 4.74 Å². The Morgan fingerprint density at radius 1 is 1.26 bits per heavy atom. The number of hydrogen-bond donors (Lipinski definition) is 1. The molecule has 142 valence electrons. The van der Waals surface area contributed by atoms with Gasteiger partial charge in [0.25, 0.3) is 0 Å². The van der Waals surface area contributed by atoms with Crippen molar-refractivity contribution in [3.05, 3.63) is 65.0 Å². The number of ether oxygens (including phenoxy) is 1. The Balaban J connectivity index is 1.83. The molecule has 1 aliphatic heterocycles. The van der Waals surface area contributed by atoms with Crippen LogP contribution in [-0.4, -0.2) is 47.9 Å². The Bertz CT molecular complexity index is 849. The van der Waals surface area contributed by atoms with Gasteiger partial charge in [-0.3, -0.25) is 9.89 Å². The zero-order chi connectivity index (χ0) is 19.4. The van der Waals surface area contributed by atoms with Gasteiger partial charge < -0.3 is 9.84 Å². The fraction of sp³-hybridized carbons (Fsp3) is 0.333. The zero-order valence-electron chi connectivity index (χ0n) is 15.5. The summed E-state index contributed by atoms with van der Waals surface area (Å²) in [6.45, 7) is 6.64. The summed E-state index contributed by atoms with van der Waals surface area (Å²) in [5.74, 6) is -0.700. The molecule has 1 N–H and O–H groups in total. The molecule has 0 saturated carbocycles. The Morgan fingerprint density at radius 3 is 2.63 bits per heavy atom. The average Bonchev–Trinajstić information content (AvgIpc) is 2.64. The minimum atomic E-state index is -0.984. The summed E-state index contributed by atoms with van der Waals surface area (Å²) in [6, 6.07) is 11.4. The lowest BCUT2D eigenvalue weighted by Gasteiger charge is -2.30. The second kappa shape index (κ2) is 8.31. The number of aromatic carboxylic acids is 1. The minimum Gasteiger partial charge on any atom is -0.484 e. The Morgan fingerprint density at radius 2 is 2.00 bits per heavy atom. The molecule has 0 unspecified atom stereocenters. The first-order valence-corrected chi connectivity index (χ1v) is 8.90. The standard InChI is InChI=1S/C21H23FN2O3/c1-14-3-4-17(11-19(14)22)20(13-24-10-9-23-15(2)12-24)27-18-7-5-16(6-8-18)21(25)26/h3-8,11,20H,9-10,12-13H2,1-2H3,(H,25,26)/t20-/m0/s1. The van der Waals surface area contributed by atoms with E-state index in [9.17, 15) is 9.18 Å². The van der Waals surface area contributed by atoms with E-state index in [2.05, 4.69) is 9.89 Å². The van der Waals surface area contributed by atoms with E-state index < -0.39 is 5.97 Å². The molecule has 0 aliphatic carbocycles. The lowest BCUT2D eigenvalue weighted by molar-refractivity contribution is 0.0697. The lowest BCUT2D eigenvalue weighted by atomic mass is 10.1. The van der Waals surface area contributed by atoms with Crippen LogP contribution in [0.3, 0.4) is 0 Å². The summed E-state index contributed by atoms with van der Waals surface area (Å²) >= 11 is 0. The van der Waals surface area contributed by atoms with Crippen molar-refractivity contribution in [3.63, 3.8) is 0 Å². The number of benzene rings is 2. The Hall–Kier alpha value is -2.73. The zero-order valence-corrected chi connectivity index (χ0v) is 15.5. The van der Waals surface area contributed by atoms with E-state index in [-0.39, 0.29) is 17.5 Å². The van der Waals surface area contributed by atoms with Gasteiger partial charge in [0, 0.05) is 25.3 Å². The number of aliphatic imine (C=N–C) groups is 1. The van der Waals surface area contributed by atoms with Gasteiger partial charge in [-0.25, -0.2) is 9.18 Å². The van der Waals surface area contributed by atoms with Gasteiger partial charge in [0.2, 0.25) is 0 Å². The molecule has 1 aliphatic rings. The molecule has 0 radical (unpaired) electrons. The summed E-state index contributed by atoms with van der Waals surface area (Å²) in [6.07, 6.45) is -0.373. The fourth-order valence-electron chi connectivity index (χ4n) is 3.09. The predicted octanol–water partition coefficient (Wildman–Crippen LogP) is 3.73. The number of aryl methyl sites for hydroxylation is 1. The van der Waals surface area contributed by atoms with Crippen molar-refractivity contribution in [2.75, 3.05) is 26.2 Å². The van der Waals surface area contributed by atoms with Crippen LogP contribution in [0.5, 0.6) is 5.75 Å². The molecule has 0 spiro atoms. The second-order valence-electron chi connectivity index (χ2n) is 6.80. The fourth-order valence-corrected chi connectivity index (χ4v) is 3.09. The molecule has 5 nitrogen and oxygen atoms in total. The van der Waals surface area contributed by atoms with Gasteiger partial charge >= 0.3 is 5.97 Å². The molecule has 0 aromatic heterocycles. The van der Waals surface area contributed by atoms with Gasteiger partial charge in [-0.1, -0.05) is 12.1 Å². The Kier molecular flexibility index (Phi) is 5.86. The number of carbonyl (C=O) groups is 1. The maximum Gasteiger partial charge on any atom is 0.335 e. The van der Waals surface area contributed by atoms with Crippen molar-refractivity contribution in [2.24, 2.45) is 4.99 Å². The van der Waals surface area contributed by atoms with E-state index in [4.69, 9.17) is 9.84 Å². The lowest BCUT2D eigenvalue weighted by Crippen LogP contribution is -2.39. The van der Waals surface area contributed by atoms with E-state index in [0.717, 1.165) is 30.9 Å². The molecule has 1 heterocycles. The molecular formula is C21H23FN2O3. The highest BCUT2D eigenvalue weighted by atomic mass is 19.1. The highest BCUT2D eigenvalue weighted by molar-refractivity contribution is 5.87. The number of hydrogen-bond acceptors (Lipinski definition) is 4. The summed E-state index contributed by atoms with van der Waals surface area (Å²) in [5.41, 5.74) is 2.61. The molecule has 2 aromatic carbocycles. The number of nitrogens with zero attached hydrogens (tertiary/aromatic N) is 2. The third kappa shape index (κ3) is 4.92. The predicted molar refractivity (Wildman–Crippen MR) is 102 cm³/mol. The third-order valence-electron chi connectivity index (χ3n) is 4.62. The summed E-state index contributed by atoms with van der Waals surface area (Å²) in [5, 5.41) is 9.03. The summed E-state index contributed by atoms with van der Waals surface area (Å²) < 4.78 is 20.2. The average molecular weight is 370 g/mol. The van der Waals surface area contributed by atoms with Gasteiger partial charge in [0.1, 0.15) is 17.7 Å². The van der Waals surface area contributed by atoms with Crippen LogP contribution in [0.4, 0.5) is 4.39 Å². The van der Waals surface area contributed by atoms with Crippen molar-refractivity contribution >= 4 is 11.7 Å². The van der Waals surface area contributed by atoms with Crippen molar-refractivity contribution in [1.82, 2.24) is 4.90 Å². The van der Waals surface area contributed by atoms with Gasteiger partial charge in [-0.05, 0) is 55.3 Å². The van der Waals surface area contributed by atoms with Crippen LogP contribution in [0, 0.1) is 12.7 Å². The Labute approximate surface area is 158 Å². The van der Waals surface area contributed by atoms with Gasteiger partial charge in [0.15, 0.2) is 0 Å². The summed E-state index contributed by atoms with van der Waals surface area (Å²) in [4.78, 5) is 17.7. The molecular weight excluding hydrogens is 347 g/mol. The van der Waals surface area contributed by atoms with E-state index in [1.54, 1.807) is 25.1 Å². The SMILES string of the molecule is CC1=NCCN(C[C@H](Oc2ccc(C(=O)O)cc2)c2ccc(C)c(F)c2)C1. The monoisotopic (exact) mass is 370 g/mol. The van der Waals surface area contributed by atoms with E-state index in [1.807, 2.05) is 13.0 Å². The molecule has 0 fully saturated rings. The molecule has 2 aromatic rings. The summed E-state index contributed by atoms with van der Waals surface area (Å²) in [7, 11) is 0. The van der Waals surface area contributed by atoms with Crippen LogP contribution in [0.2, 0.25) is 0 Å².